The Hall–Kier alpha value is -3.14. The third-order valence-electron chi connectivity index (χ3n) is 4.28. The van der Waals surface area contributed by atoms with Gasteiger partial charge in [-0.05, 0) is 36.2 Å². The lowest BCUT2D eigenvalue weighted by Crippen LogP contribution is -2.36. The third-order valence-corrected chi connectivity index (χ3v) is 4.28. The first kappa shape index (κ1) is 17.7. The van der Waals surface area contributed by atoms with Crippen molar-refractivity contribution < 1.29 is 9.18 Å². The van der Waals surface area contributed by atoms with Crippen LogP contribution < -0.4 is 5.32 Å². The summed E-state index contributed by atoms with van der Waals surface area (Å²) in [6, 6.07) is 25.2. The van der Waals surface area contributed by atoms with Gasteiger partial charge in [-0.25, -0.2) is 9.18 Å². The largest absolute Gasteiger partial charge is 0.322 e. The lowest BCUT2D eigenvalue weighted by Gasteiger charge is -2.30. The number of nitrogens with zero attached hydrogens (tertiary/aromatic N) is 1. The first-order valence-corrected chi connectivity index (χ1v) is 8.55. The standard InChI is InChI=1S/C22H21FN2O/c1-17(19-11-6-3-7-12-19)25(16-18-9-4-2-5-10-18)22(26)24-21-14-8-13-20(23)15-21/h2-15,17H,16H2,1H3,(H,24,26). The fraction of sp³-hybridized carbons (Fsp3) is 0.136. The van der Waals surface area contributed by atoms with Crippen molar-refractivity contribution in [2.75, 3.05) is 5.32 Å². The number of benzene rings is 3. The highest BCUT2D eigenvalue weighted by molar-refractivity contribution is 5.89. The van der Waals surface area contributed by atoms with Gasteiger partial charge in [-0.1, -0.05) is 66.7 Å². The van der Waals surface area contributed by atoms with Gasteiger partial charge in [-0.15, -0.1) is 0 Å². The Kier molecular flexibility index (Phi) is 5.64. The second-order valence-electron chi connectivity index (χ2n) is 6.14. The first-order chi connectivity index (χ1) is 12.6. The predicted molar refractivity (Wildman–Crippen MR) is 102 cm³/mol. The van der Waals surface area contributed by atoms with Crippen molar-refractivity contribution >= 4 is 11.7 Å². The summed E-state index contributed by atoms with van der Waals surface area (Å²) >= 11 is 0. The predicted octanol–water partition coefficient (Wildman–Crippen LogP) is 5.62. The summed E-state index contributed by atoms with van der Waals surface area (Å²) in [5, 5.41) is 2.80. The van der Waals surface area contributed by atoms with E-state index in [4.69, 9.17) is 0 Å². The molecule has 0 aliphatic heterocycles. The molecule has 3 rings (SSSR count). The smallest absolute Gasteiger partial charge is 0.313 e. The molecule has 4 heteroatoms. The van der Waals surface area contributed by atoms with Gasteiger partial charge in [0.15, 0.2) is 0 Å². The van der Waals surface area contributed by atoms with Crippen LogP contribution in [0.25, 0.3) is 0 Å². The second-order valence-corrected chi connectivity index (χ2v) is 6.14. The Bertz CT molecular complexity index is 852. The van der Waals surface area contributed by atoms with Gasteiger partial charge < -0.3 is 10.2 Å². The minimum atomic E-state index is -0.381. The van der Waals surface area contributed by atoms with E-state index in [0.717, 1.165) is 11.1 Å². The molecule has 0 heterocycles. The number of amides is 2. The zero-order valence-corrected chi connectivity index (χ0v) is 14.6. The summed E-state index contributed by atoms with van der Waals surface area (Å²) in [4.78, 5) is 14.7. The van der Waals surface area contributed by atoms with Crippen LogP contribution in [0.2, 0.25) is 0 Å². The fourth-order valence-electron chi connectivity index (χ4n) is 2.84. The summed E-state index contributed by atoms with van der Waals surface area (Å²) in [5.74, 6) is -0.381. The van der Waals surface area contributed by atoms with Gasteiger partial charge in [-0.3, -0.25) is 0 Å². The maximum Gasteiger partial charge on any atom is 0.322 e. The molecule has 0 aliphatic rings. The number of urea groups is 1. The fourth-order valence-corrected chi connectivity index (χ4v) is 2.84. The molecule has 2 amide bonds. The number of carbonyl (C=O) groups excluding carboxylic acids is 1. The molecule has 0 fully saturated rings. The molecule has 0 saturated carbocycles. The SMILES string of the molecule is CC(c1ccccc1)N(Cc1ccccc1)C(=O)Nc1cccc(F)c1. The Labute approximate surface area is 153 Å². The number of anilines is 1. The van der Waals surface area contributed by atoms with E-state index in [1.807, 2.05) is 67.6 Å². The Balaban J connectivity index is 1.85. The van der Waals surface area contributed by atoms with Crippen molar-refractivity contribution in [1.29, 1.82) is 0 Å². The van der Waals surface area contributed by atoms with Crippen LogP contribution in [0.4, 0.5) is 14.9 Å². The number of hydrogen-bond acceptors (Lipinski definition) is 1. The molecule has 1 N–H and O–H groups in total. The molecular formula is C22H21FN2O. The molecular weight excluding hydrogens is 327 g/mol. The van der Waals surface area contributed by atoms with Gasteiger partial charge in [0.05, 0.1) is 6.04 Å². The van der Waals surface area contributed by atoms with E-state index in [-0.39, 0.29) is 17.9 Å². The van der Waals surface area contributed by atoms with Gasteiger partial charge in [0.25, 0.3) is 0 Å². The molecule has 3 aromatic rings. The molecule has 26 heavy (non-hydrogen) atoms. The summed E-state index contributed by atoms with van der Waals surface area (Å²) in [6.45, 7) is 2.45. The molecule has 3 nitrogen and oxygen atoms in total. The van der Waals surface area contributed by atoms with Crippen LogP contribution in [0.1, 0.15) is 24.1 Å². The van der Waals surface area contributed by atoms with Gasteiger partial charge in [0.1, 0.15) is 5.82 Å². The monoisotopic (exact) mass is 348 g/mol. The van der Waals surface area contributed by atoms with Crippen LogP contribution in [-0.4, -0.2) is 10.9 Å². The molecule has 1 unspecified atom stereocenters. The average Bonchev–Trinajstić information content (AvgIpc) is 2.67. The van der Waals surface area contributed by atoms with Crippen LogP contribution in [-0.2, 0) is 6.54 Å². The second kappa shape index (κ2) is 8.30. The summed E-state index contributed by atoms with van der Waals surface area (Å²) in [7, 11) is 0. The highest BCUT2D eigenvalue weighted by Gasteiger charge is 2.22. The zero-order chi connectivity index (χ0) is 18.4. The van der Waals surface area contributed by atoms with Gasteiger partial charge in [0.2, 0.25) is 0 Å². The average molecular weight is 348 g/mol. The molecule has 132 valence electrons. The van der Waals surface area contributed by atoms with Crippen molar-refractivity contribution in [3.8, 4) is 0 Å². The first-order valence-electron chi connectivity index (χ1n) is 8.55. The zero-order valence-electron chi connectivity index (χ0n) is 14.6. The highest BCUT2D eigenvalue weighted by Crippen LogP contribution is 2.23. The van der Waals surface area contributed by atoms with Gasteiger partial charge in [0, 0.05) is 12.2 Å². The Morgan fingerprint density at radius 3 is 2.27 bits per heavy atom. The molecule has 0 spiro atoms. The quantitative estimate of drug-likeness (QED) is 0.637. The summed E-state index contributed by atoms with van der Waals surface area (Å²) in [6.07, 6.45) is 0. The maximum absolute atomic E-state index is 13.4. The number of rotatable bonds is 5. The molecule has 3 aromatic carbocycles. The number of nitrogens with one attached hydrogen (secondary N) is 1. The van der Waals surface area contributed by atoms with Crippen molar-refractivity contribution in [1.82, 2.24) is 4.90 Å². The van der Waals surface area contributed by atoms with Crippen LogP contribution in [0, 0.1) is 5.82 Å². The third kappa shape index (κ3) is 4.48. The Morgan fingerprint density at radius 1 is 0.962 bits per heavy atom. The minimum Gasteiger partial charge on any atom is -0.313 e. The van der Waals surface area contributed by atoms with Crippen LogP contribution in [0.5, 0.6) is 0 Å². The van der Waals surface area contributed by atoms with Crippen molar-refractivity contribution in [3.05, 3.63) is 102 Å². The van der Waals surface area contributed by atoms with E-state index in [9.17, 15) is 9.18 Å². The summed E-state index contributed by atoms with van der Waals surface area (Å²) < 4.78 is 13.4. The van der Waals surface area contributed by atoms with Crippen LogP contribution >= 0.6 is 0 Å². The molecule has 0 bridgehead atoms. The lowest BCUT2D eigenvalue weighted by molar-refractivity contribution is 0.189. The van der Waals surface area contributed by atoms with E-state index in [2.05, 4.69) is 5.32 Å². The molecule has 0 aromatic heterocycles. The molecule has 0 radical (unpaired) electrons. The number of halogens is 1. The van der Waals surface area contributed by atoms with Crippen molar-refractivity contribution in [2.24, 2.45) is 0 Å². The van der Waals surface area contributed by atoms with E-state index < -0.39 is 0 Å². The van der Waals surface area contributed by atoms with E-state index in [1.54, 1.807) is 17.0 Å². The van der Waals surface area contributed by atoms with Crippen LogP contribution in [0.15, 0.2) is 84.9 Å². The summed E-state index contributed by atoms with van der Waals surface area (Å²) in [5.41, 5.74) is 2.51. The molecule has 0 saturated heterocycles. The van der Waals surface area contributed by atoms with Gasteiger partial charge >= 0.3 is 6.03 Å². The van der Waals surface area contributed by atoms with Gasteiger partial charge in [-0.2, -0.15) is 0 Å². The van der Waals surface area contributed by atoms with E-state index in [1.165, 1.54) is 12.1 Å². The van der Waals surface area contributed by atoms with E-state index >= 15 is 0 Å². The van der Waals surface area contributed by atoms with Crippen molar-refractivity contribution in [3.63, 3.8) is 0 Å². The van der Waals surface area contributed by atoms with E-state index in [0.29, 0.717) is 12.2 Å². The maximum atomic E-state index is 13.4. The minimum absolute atomic E-state index is 0.134. The molecule has 1 atom stereocenters. The topological polar surface area (TPSA) is 32.3 Å². The highest BCUT2D eigenvalue weighted by atomic mass is 19.1. The van der Waals surface area contributed by atoms with Crippen LogP contribution in [0.3, 0.4) is 0 Å². The molecule has 0 aliphatic carbocycles. The Morgan fingerprint density at radius 2 is 1.62 bits per heavy atom. The normalized spacial score (nSPS) is 11.6. The number of carbonyl (C=O) groups is 1. The van der Waals surface area contributed by atoms with Crippen molar-refractivity contribution in [2.45, 2.75) is 19.5 Å². The number of hydrogen-bond donors (Lipinski definition) is 1. The lowest BCUT2D eigenvalue weighted by atomic mass is 10.1.